The van der Waals surface area contributed by atoms with Gasteiger partial charge in [0.15, 0.2) is 0 Å². The van der Waals surface area contributed by atoms with Crippen molar-refractivity contribution in [1.82, 2.24) is 4.90 Å². The third kappa shape index (κ3) is 5.73. The number of carbonyl (C=O) groups is 2. The van der Waals surface area contributed by atoms with E-state index in [0.29, 0.717) is 29.8 Å². The van der Waals surface area contributed by atoms with Crippen LogP contribution in [0.15, 0.2) is 29.1 Å². The number of ether oxygens (including phenoxy) is 1. The molecule has 1 aliphatic rings. The van der Waals surface area contributed by atoms with Crippen molar-refractivity contribution in [2.24, 2.45) is 0 Å². The number of hydrogen-bond donors (Lipinski definition) is 3. The van der Waals surface area contributed by atoms with E-state index in [1.807, 2.05) is 0 Å². The van der Waals surface area contributed by atoms with Crippen LogP contribution in [0.1, 0.15) is 28.0 Å². The summed E-state index contributed by atoms with van der Waals surface area (Å²) in [6.45, 7) is -0.476. The molecular weight excluding hydrogens is 422 g/mol. The third-order valence-corrected chi connectivity index (χ3v) is 5.98. The fourth-order valence-corrected chi connectivity index (χ4v) is 4.50. The maximum absolute atomic E-state index is 12.2. The zero-order chi connectivity index (χ0) is 22.4. The average molecular weight is 445 g/mol. The summed E-state index contributed by atoms with van der Waals surface area (Å²) in [7, 11) is 1.49. The van der Waals surface area contributed by atoms with E-state index >= 15 is 0 Å². The average Bonchev–Trinajstić information content (AvgIpc) is 3.38. The molecule has 0 saturated carbocycles. The summed E-state index contributed by atoms with van der Waals surface area (Å²) in [5, 5.41) is 31.2. The number of nitriles is 1. The second kappa shape index (κ2) is 10.3. The Hall–Kier alpha value is -3.13. The van der Waals surface area contributed by atoms with E-state index in [1.165, 1.54) is 41.9 Å². The van der Waals surface area contributed by atoms with Gasteiger partial charge in [-0.15, -0.1) is 11.3 Å². The number of furan rings is 1. The highest BCUT2D eigenvalue weighted by Gasteiger charge is 2.29. The van der Waals surface area contributed by atoms with Gasteiger partial charge in [0, 0.05) is 30.0 Å². The van der Waals surface area contributed by atoms with E-state index in [4.69, 9.17) is 14.3 Å². The van der Waals surface area contributed by atoms with Crippen LogP contribution >= 0.6 is 11.3 Å². The Bertz CT molecular complexity index is 992. The molecule has 0 aliphatic heterocycles. The second-order valence-electron chi connectivity index (χ2n) is 7.16. The van der Waals surface area contributed by atoms with Gasteiger partial charge in [-0.2, -0.15) is 5.26 Å². The SMILES string of the molecule is CN(CC(O)CO)C(=O)OC1CCc2c(sc(NC(=O)C=Cc3ccoc3)c2C#N)C1. The Morgan fingerprint density at radius 3 is 3.03 bits per heavy atom. The molecule has 9 nitrogen and oxygen atoms in total. The van der Waals surface area contributed by atoms with Crippen LogP contribution in [-0.4, -0.2) is 59.5 Å². The van der Waals surface area contributed by atoms with Gasteiger partial charge in [0.1, 0.15) is 17.2 Å². The van der Waals surface area contributed by atoms with E-state index in [2.05, 4.69) is 11.4 Å². The minimum absolute atomic E-state index is 0.0343. The van der Waals surface area contributed by atoms with Crippen molar-refractivity contribution in [3.8, 4) is 6.07 Å². The number of fused-ring (bicyclic) bond motifs is 1. The third-order valence-electron chi connectivity index (χ3n) is 4.81. The molecule has 164 valence electrons. The second-order valence-corrected chi connectivity index (χ2v) is 8.27. The van der Waals surface area contributed by atoms with Gasteiger partial charge in [-0.25, -0.2) is 4.79 Å². The highest BCUT2D eigenvalue weighted by Crippen LogP contribution is 2.38. The molecule has 0 bridgehead atoms. The van der Waals surface area contributed by atoms with Crippen molar-refractivity contribution in [1.29, 1.82) is 5.26 Å². The molecule has 3 N–H and O–H groups in total. The van der Waals surface area contributed by atoms with Crippen molar-refractivity contribution in [3.63, 3.8) is 0 Å². The van der Waals surface area contributed by atoms with Gasteiger partial charge >= 0.3 is 6.09 Å². The summed E-state index contributed by atoms with van der Waals surface area (Å²) >= 11 is 1.31. The summed E-state index contributed by atoms with van der Waals surface area (Å²) in [5.74, 6) is -0.358. The van der Waals surface area contributed by atoms with E-state index < -0.39 is 18.8 Å². The minimum Gasteiger partial charge on any atom is -0.472 e. The lowest BCUT2D eigenvalue weighted by molar-refractivity contribution is -0.111. The van der Waals surface area contributed by atoms with Gasteiger partial charge < -0.3 is 29.6 Å². The van der Waals surface area contributed by atoms with E-state index in [0.717, 1.165) is 16.0 Å². The molecular formula is C21H23N3O6S. The first kappa shape index (κ1) is 22.6. The topological polar surface area (TPSA) is 136 Å². The number of nitrogens with zero attached hydrogens (tertiary/aromatic N) is 2. The molecule has 2 aromatic heterocycles. The van der Waals surface area contributed by atoms with Crippen LogP contribution in [0.4, 0.5) is 9.80 Å². The van der Waals surface area contributed by atoms with Crippen LogP contribution in [-0.2, 0) is 22.4 Å². The molecule has 2 atom stereocenters. The van der Waals surface area contributed by atoms with Gasteiger partial charge in [0.25, 0.3) is 0 Å². The number of amides is 2. The number of nitrogens with one attached hydrogen (secondary N) is 1. The lowest BCUT2D eigenvalue weighted by atomic mass is 9.94. The fraction of sp³-hybridized carbons (Fsp3) is 0.381. The first-order chi connectivity index (χ1) is 14.9. The van der Waals surface area contributed by atoms with Crippen LogP contribution < -0.4 is 5.32 Å². The Morgan fingerprint density at radius 2 is 2.35 bits per heavy atom. The number of hydrogen-bond acceptors (Lipinski definition) is 8. The molecule has 0 spiro atoms. The van der Waals surface area contributed by atoms with Crippen molar-refractivity contribution in [2.75, 3.05) is 25.5 Å². The molecule has 0 saturated heterocycles. The number of thiophene rings is 1. The molecule has 0 radical (unpaired) electrons. The standard InChI is InChI=1S/C21H23N3O6S/c1-24(10-14(26)11-25)21(28)30-15-3-4-16-17(9-22)20(31-18(16)8-15)23-19(27)5-2-13-6-7-29-12-13/h2,5-7,12,14-15,25-26H,3-4,8,10-11H2,1H3,(H,23,27). The molecule has 1 aliphatic carbocycles. The van der Waals surface area contributed by atoms with E-state index in [9.17, 15) is 20.0 Å². The smallest absolute Gasteiger partial charge is 0.409 e. The predicted octanol–water partition coefficient (Wildman–Crippen LogP) is 2.14. The molecule has 2 unspecified atom stereocenters. The minimum atomic E-state index is -1.03. The van der Waals surface area contributed by atoms with E-state index in [1.54, 1.807) is 12.1 Å². The quantitative estimate of drug-likeness (QED) is 0.556. The lowest BCUT2D eigenvalue weighted by Crippen LogP contribution is -2.38. The van der Waals surface area contributed by atoms with Gasteiger partial charge in [-0.1, -0.05) is 0 Å². The molecule has 10 heteroatoms. The van der Waals surface area contributed by atoms with Gasteiger partial charge in [-0.3, -0.25) is 4.79 Å². The maximum Gasteiger partial charge on any atom is 0.409 e. The number of rotatable bonds is 7. The Balaban J connectivity index is 1.64. The van der Waals surface area contributed by atoms with Crippen LogP contribution in [0.2, 0.25) is 0 Å². The highest BCUT2D eigenvalue weighted by molar-refractivity contribution is 7.16. The van der Waals surface area contributed by atoms with Crippen LogP contribution in [0.5, 0.6) is 0 Å². The molecule has 2 amide bonds. The van der Waals surface area contributed by atoms with Gasteiger partial charge in [0.05, 0.1) is 37.3 Å². The van der Waals surface area contributed by atoms with Crippen LogP contribution in [0, 0.1) is 11.3 Å². The maximum atomic E-state index is 12.2. The summed E-state index contributed by atoms with van der Waals surface area (Å²) < 4.78 is 10.5. The Kier molecular flexibility index (Phi) is 7.46. The summed E-state index contributed by atoms with van der Waals surface area (Å²) in [6.07, 6.45) is 5.55. The molecule has 2 heterocycles. The highest BCUT2D eigenvalue weighted by atomic mass is 32.1. The van der Waals surface area contributed by atoms with Crippen molar-refractivity contribution < 1.29 is 29.0 Å². The van der Waals surface area contributed by atoms with Crippen molar-refractivity contribution in [2.45, 2.75) is 31.5 Å². The first-order valence-electron chi connectivity index (χ1n) is 9.67. The van der Waals surface area contributed by atoms with Gasteiger partial charge in [-0.05, 0) is 30.5 Å². The fourth-order valence-electron chi connectivity index (χ4n) is 3.24. The molecule has 31 heavy (non-hydrogen) atoms. The number of likely N-dealkylation sites (N-methyl/N-ethyl adjacent to an activating group) is 1. The Labute approximate surface area is 183 Å². The number of anilines is 1. The van der Waals surface area contributed by atoms with Crippen molar-refractivity contribution in [3.05, 3.63) is 46.2 Å². The normalized spacial score (nSPS) is 16.4. The summed E-state index contributed by atoms with van der Waals surface area (Å²) in [5.41, 5.74) is 2.07. The molecule has 0 fully saturated rings. The van der Waals surface area contributed by atoms with Crippen LogP contribution in [0.25, 0.3) is 6.08 Å². The monoisotopic (exact) mass is 445 g/mol. The van der Waals surface area contributed by atoms with E-state index in [-0.39, 0.29) is 18.6 Å². The molecule has 0 aromatic carbocycles. The number of aliphatic hydroxyl groups is 2. The first-order valence-corrected chi connectivity index (χ1v) is 10.5. The van der Waals surface area contributed by atoms with Gasteiger partial charge in [0.2, 0.25) is 5.91 Å². The van der Waals surface area contributed by atoms with Crippen LogP contribution in [0.3, 0.4) is 0 Å². The zero-order valence-corrected chi connectivity index (χ0v) is 17.7. The summed E-state index contributed by atoms with van der Waals surface area (Å²) in [6, 6.07) is 3.89. The molecule has 2 aromatic rings. The largest absolute Gasteiger partial charge is 0.472 e. The predicted molar refractivity (Wildman–Crippen MR) is 113 cm³/mol. The molecule has 3 rings (SSSR count). The summed E-state index contributed by atoms with van der Waals surface area (Å²) in [4.78, 5) is 26.6. The number of aliphatic hydroxyl groups excluding tert-OH is 2. The van der Waals surface area contributed by atoms with Crippen molar-refractivity contribution >= 4 is 34.4 Å². The number of carbonyl (C=O) groups excluding carboxylic acids is 2. The lowest BCUT2D eigenvalue weighted by Gasteiger charge is -2.26. The zero-order valence-electron chi connectivity index (χ0n) is 16.9. The Morgan fingerprint density at radius 1 is 1.55 bits per heavy atom.